The quantitative estimate of drug-likeness (QED) is 0.354. The molecule has 0 aliphatic rings. The van der Waals surface area contributed by atoms with Crippen LogP contribution >= 0.6 is 31.9 Å². The van der Waals surface area contributed by atoms with Crippen LogP contribution in [0.25, 0.3) is 0 Å². The Bertz CT molecular complexity index is 825. The average molecular weight is 483 g/mol. The third kappa shape index (κ3) is 6.27. The lowest BCUT2D eigenvalue weighted by molar-refractivity contribution is -0.126. The second-order valence-electron chi connectivity index (χ2n) is 5.11. The lowest BCUT2D eigenvalue weighted by Crippen LogP contribution is -2.24. The second kappa shape index (κ2) is 10.1. The van der Waals surface area contributed by atoms with Crippen LogP contribution in [0.2, 0.25) is 0 Å². The molecule has 0 aliphatic heterocycles. The number of anilines is 1. The Hall–Kier alpha value is -2.19. The monoisotopic (exact) mass is 481 g/mol. The Labute approximate surface area is 168 Å². The summed E-state index contributed by atoms with van der Waals surface area (Å²) in [5.74, 6) is -0.291. The molecule has 0 spiro atoms. The molecule has 0 bridgehead atoms. The van der Waals surface area contributed by atoms with Gasteiger partial charge in [0.2, 0.25) is 11.8 Å². The van der Waals surface area contributed by atoms with Crippen LogP contribution in [0.1, 0.15) is 18.9 Å². The van der Waals surface area contributed by atoms with E-state index in [4.69, 9.17) is 4.74 Å². The maximum Gasteiger partial charge on any atom is 0.249 e. The summed E-state index contributed by atoms with van der Waals surface area (Å²) in [7, 11) is 0. The zero-order chi connectivity index (χ0) is 18.9. The van der Waals surface area contributed by atoms with Crippen molar-refractivity contribution >= 4 is 55.6 Å². The number of carbonyl (C=O) groups is 2. The first-order valence-electron chi connectivity index (χ1n) is 7.78. The van der Waals surface area contributed by atoms with E-state index in [0.717, 1.165) is 8.95 Å². The number of benzene rings is 2. The van der Waals surface area contributed by atoms with Crippen LogP contribution in [0.15, 0.2) is 56.5 Å². The molecule has 6 nitrogen and oxygen atoms in total. The fourth-order valence-corrected chi connectivity index (χ4v) is 2.79. The molecule has 0 saturated heterocycles. The minimum absolute atomic E-state index is 0.338. The van der Waals surface area contributed by atoms with Crippen LogP contribution < -0.4 is 15.5 Å². The number of rotatable bonds is 7. The van der Waals surface area contributed by atoms with E-state index in [9.17, 15) is 9.59 Å². The van der Waals surface area contributed by atoms with Crippen LogP contribution in [-0.2, 0) is 9.59 Å². The molecule has 26 heavy (non-hydrogen) atoms. The van der Waals surface area contributed by atoms with Gasteiger partial charge >= 0.3 is 0 Å². The van der Waals surface area contributed by atoms with Crippen molar-refractivity contribution in [2.24, 2.45) is 5.10 Å². The Balaban J connectivity index is 1.90. The maximum absolute atomic E-state index is 11.9. The number of carbonyl (C=O) groups excluding carboxylic acids is 2. The first-order valence-corrected chi connectivity index (χ1v) is 9.37. The minimum atomic E-state index is -0.515. The molecule has 0 radical (unpaired) electrons. The highest BCUT2D eigenvalue weighted by Crippen LogP contribution is 2.22. The fraction of sp³-hybridized carbons (Fsp3) is 0.167. The summed E-state index contributed by atoms with van der Waals surface area (Å²) in [5, 5.41) is 6.55. The Kier molecular flexibility index (Phi) is 7.80. The van der Waals surface area contributed by atoms with E-state index < -0.39 is 11.8 Å². The average Bonchev–Trinajstić information content (AvgIpc) is 2.59. The summed E-state index contributed by atoms with van der Waals surface area (Å²) in [4.78, 5) is 23.8. The number of amides is 2. The molecule has 2 N–H and O–H groups in total. The van der Waals surface area contributed by atoms with E-state index in [1.165, 1.54) is 6.21 Å². The molecule has 0 aliphatic carbocycles. The van der Waals surface area contributed by atoms with Crippen molar-refractivity contribution in [3.8, 4) is 5.75 Å². The fourth-order valence-electron chi connectivity index (χ4n) is 2.02. The predicted octanol–water partition coefficient (Wildman–Crippen LogP) is 4.09. The summed E-state index contributed by atoms with van der Waals surface area (Å²) in [6, 6.07) is 12.6. The Morgan fingerprint density at radius 3 is 2.65 bits per heavy atom. The van der Waals surface area contributed by atoms with Crippen LogP contribution in [0.4, 0.5) is 5.69 Å². The van der Waals surface area contributed by atoms with Crippen molar-refractivity contribution < 1.29 is 14.3 Å². The molecule has 2 amide bonds. The number of nitrogens with zero attached hydrogens (tertiary/aromatic N) is 1. The van der Waals surface area contributed by atoms with Gasteiger partial charge in [-0.1, -0.05) is 28.1 Å². The Morgan fingerprint density at radius 1 is 1.15 bits per heavy atom. The van der Waals surface area contributed by atoms with Crippen molar-refractivity contribution in [2.45, 2.75) is 13.3 Å². The second-order valence-corrected chi connectivity index (χ2v) is 6.88. The van der Waals surface area contributed by atoms with E-state index in [2.05, 4.69) is 47.7 Å². The minimum Gasteiger partial charge on any atom is -0.493 e. The van der Waals surface area contributed by atoms with E-state index in [1.807, 2.05) is 31.2 Å². The zero-order valence-electron chi connectivity index (χ0n) is 14.0. The highest BCUT2D eigenvalue weighted by Gasteiger charge is 2.10. The van der Waals surface area contributed by atoms with Gasteiger partial charge in [0.1, 0.15) is 12.2 Å². The number of hydrogen-bond donors (Lipinski definition) is 2. The molecule has 2 aromatic carbocycles. The summed E-state index contributed by atoms with van der Waals surface area (Å²) in [6.07, 6.45) is 1.13. The van der Waals surface area contributed by atoms with E-state index >= 15 is 0 Å². The molecule has 0 atom stereocenters. The number of ether oxygens (including phenoxy) is 1. The Morgan fingerprint density at radius 2 is 1.92 bits per heavy atom. The van der Waals surface area contributed by atoms with Gasteiger partial charge in [-0.2, -0.15) is 5.10 Å². The van der Waals surface area contributed by atoms with Gasteiger partial charge in [0.25, 0.3) is 0 Å². The number of nitrogens with one attached hydrogen (secondary N) is 2. The van der Waals surface area contributed by atoms with Gasteiger partial charge in [0, 0.05) is 14.5 Å². The molecule has 0 saturated carbocycles. The van der Waals surface area contributed by atoms with E-state index in [1.54, 1.807) is 18.2 Å². The van der Waals surface area contributed by atoms with Crippen molar-refractivity contribution in [1.82, 2.24) is 5.43 Å². The van der Waals surface area contributed by atoms with Gasteiger partial charge in [0.05, 0.1) is 18.5 Å². The van der Waals surface area contributed by atoms with Gasteiger partial charge in [-0.3, -0.25) is 9.59 Å². The topological polar surface area (TPSA) is 79.8 Å². The number of para-hydroxylation sites is 1. The number of hydrazone groups is 1. The van der Waals surface area contributed by atoms with Gasteiger partial charge < -0.3 is 10.1 Å². The highest BCUT2D eigenvalue weighted by molar-refractivity contribution is 9.10. The molecule has 2 aromatic rings. The molecule has 8 heteroatoms. The largest absolute Gasteiger partial charge is 0.493 e. The molecular formula is C18H17Br2N3O3. The van der Waals surface area contributed by atoms with Crippen LogP contribution in [0.5, 0.6) is 5.75 Å². The zero-order valence-corrected chi connectivity index (χ0v) is 17.1. The maximum atomic E-state index is 11.9. The van der Waals surface area contributed by atoms with Gasteiger partial charge in [-0.15, -0.1) is 0 Å². The molecular weight excluding hydrogens is 466 g/mol. The van der Waals surface area contributed by atoms with E-state index in [0.29, 0.717) is 23.6 Å². The third-order valence-corrected chi connectivity index (χ3v) is 4.32. The first kappa shape index (κ1) is 20.1. The SMILES string of the molecule is CCOc1ccc(Br)cc1C=NNC(=O)CC(=O)Nc1ccccc1Br. The molecule has 0 heterocycles. The normalized spacial score (nSPS) is 10.6. The summed E-state index contributed by atoms with van der Waals surface area (Å²) >= 11 is 6.71. The smallest absolute Gasteiger partial charge is 0.249 e. The van der Waals surface area contributed by atoms with Gasteiger partial charge in [0.15, 0.2) is 0 Å². The third-order valence-electron chi connectivity index (χ3n) is 3.13. The standard InChI is InChI=1S/C18H17Br2N3O3/c1-2-26-16-8-7-13(19)9-12(16)11-21-23-18(25)10-17(24)22-15-6-4-3-5-14(15)20/h3-9,11H,2,10H2,1H3,(H,22,24)(H,23,25). The van der Waals surface area contributed by atoms with Crippen molar-refractivity contribution in [3.63, 3.8) is 0 Å². The van der Waals surface area contributed by atoms with Gasteiger partial charge in [-0.25, -0.2) is 5.43 Å². The molecule has 0 aromatic heterocycles. The molecule has 136 valence electrons. The summed E-state index contributed by atoms with van der Waals surface area (Å²) in [5.41, 5.74) is 3.65. The summed E-state index contributed by atoms with van der Waals surface area (Å²) < 4.78 is 7.10. The lowest BCUT2D eigenvalue weighted by Gasteiger charge is -2.07. The molecule has 0 fully saturated rings. The van der Waals surface area contributed by atoms with E-state index in [-0.39, 0.29) is 6.42 Å². The van der Waals surface area contributed by atoms with Crippen LogP contribution in [0.3, 0.4) is 0 Å². The number of hydrogen-bond acceptors (Lipinski definition) is 4. The highest BCUT2D eigenvalue weighted by atomic mass is 79.9. The van der Waals surface area contributed by atoms with Crippen molar-refractivity contribution in [2.75, 3.05) is 11.9 Å². The van der Waals surface area contributed by atoms with Crippen LogP contribution in [0, 0.1) is 0 Å². The van der Waals surface area contributed by atoms with Crippen molar-refractivity contribution in [3.05, 3.63) is 57.0 Å². The first-order chi connectivity index (χ1) is 12.5. The van der Waals surface area contributed by atoms with Gasteiger partial charge in [-0.05, 0) is 53.2 Å². The number of halogens is 2. The molecule has 2 rings (SSSR count). The lowest BCUT2D eigenvalue weighted by atomic mass is 10.2. The summed E-state index contributed by atoms with van der Waals surface area (Å²) in [6.45, 7) is 2.40. The predicted molar refractivity (Wildman–Crippen MR) is 108 cm³/mol. The van der Waals surface area contributed by atoms with Crippen LogP contribution in [-0.4, -0.2) is 24.6 Å². The van der Waals surface area contributed by atoms with Crippen molar-refractivity contribution in [1.29, 1.82) is 0 Å². The molecule has 0 unspecified atom stereocenters.